The summed E-state index contributed by atoms with van der Waals surface area (Å²) in [6, 6.07) is 15.0. The molecule has 1 aliphatic carbocycles. The van der Waals surface area contributed by atoms with Crippen molar-refractivity contribution in [1.82, 2.24) is 19.9 Å². The number of para-hydroxylation sites is 2. The first-order valence-electron chi connectivity index (χ1n) is 10.7. The summed E-state index contributed by atoms with van der Waals surface area (Å²) in [5, 5.41) is 11.5. The van der Waals surface area contributed by atoms with Crippen molar-refractivity contribution in [1.29, 1.82) is 0 Å². The lowest BCUT2D eigenvalue weighted by atomic mass is 10.2. The van der Waals surface area contributed by atoms with Crippen LogP contribution in [0.5, 0.6) is 5.75 Å². The number of hydrogen-bond acceptors (Lipinski definition) is 6. The van der Waals surface area contributed by atoms with Gasteiger partial charge in [-0.05, 0) is 63.1 Å². The van der Waals surface area contributed by atoms with Crippen molar-refractivity contribution in [2.24, 2.45) is 0 Å². The van der Waals surface area contributed by atoms with Gasteiger partial charge >= 0.3 is 0 Å². The normalized spacial score (nSPS) is 13.2. The third kappa shape index (κ3) is 3.99. The summed E-state index contributed by atoms with van der Waals surface area (Å²) in [4.78, 5) is 17.4. The average Bonchev–Trinajstić information content (AvgIpc) is 3.40. The molecule has 0 unspecified atom stereocenters. The third-order valence-corrected chi connectivity index (χ3v) is 5.34. The molecule has 0 radical (unpaired) electrons. The van der Waals surface area contributed by atoms with Crippen LogP contribution in [0.15, 0.2) is 59.3 Å². The van der Waals surface area contributed by atoms with Crippen LogP contribution in [0.2, 0.25) is 0 Å². The number of nitrogens with zero attached hydrogens (tertiary/aromatic N) is 4. The van der Waals surface area contributed by atoms with Crippen molar-refractivity contribution in [3.63, 3.8) is 0 Å². The summed E-state index contributed by atoms with van der Waals surface area (Å²) in [5.41, 5.74) is 3.46. The molecule has 0 bridgehead atoms. The lowest BCUT2D eigenvalue weighted by Gasteiger charge is -2.10. The van der Waals surface area contributed by atoms with Gasteiger partial charge in [-0.25, -0.2) is 4.68 Å². The molecule has 5 rings (SSSR count). The summed E-state index contributed by atoms with van der Waals surface area (Å²) in [7, 11) is 0. The smallest absolute Gasteiger partial charge is 0.259 e. The van der Waals surface area contributed by atoms with Crippen LogP contribution in [0.3, 0.4) is 0 Å². The summed E-state index contributed by atoms with van der Waals surface area (Å²) in [5.74, 6) is 2.12. The highest BCUT2D eigenvalue weighted by Gasteiger charge is 2.29. The maximum atomic E-state index is 12.9. The molecule has 1 saturated carbocycles. The van der Waals surface area contributed by atoms with Crippen molar-refractivity contribution >= 4 is 11.6 Å². The first kappa shape index (κ1) is 20.0. The van der Waals surface area contributed by atoms with Crippen LogP contribution in [-0.2, 0) is 0 Å². The molecule has 4 aromatic rings. The molecular formula is C24H23N5O3. The molecule has 1 amide bonds. The standard InChI is InChI=1S/C24H23N5O3/c1-3-31-21-7-5-4-6-20(21)25-23(30)19-14-29(27-15(19)2)18-12-10-16(11-13-18)22-26-24(32-28-22)17-8-9-17/h4-7,10-14,17H,3,8-9H2,1-2H3,(H,25,30). The highest BCUT2D eigenvalue weighted by Crippen LogP contribution is 2.39. The summed E-state index contributed by atoms with van der Waals surface area (Å²) >= 11 is 0. The Kier molecular flexibility index (Phi) is 5.18. The Morgan fingerprint density at radius 2 is 1.97 bits per heavy atom. The molecule has 2 aromatic carbocycles. The van der Waals surface area contributed by atoms with E-state index in [0.717, 1.165) is 24.1 Å². The van der Waals surface area contributed by atoms with Gasteiger partial charge in [-0.15, -0.1) is 0 Å². The molecule has 32 heavy (non-hydrogen) atoms. The number of benzene rings is 2. The molecule has 0 aliphatic heterocycles. The van der Waals surface area contributed by atoms with Crippen molar-refractivity contribution in [2.75, 3.05) is 11.9 Å². The zero-order chi connectivity index (χ0) is 22.1. The number of anilines is 1. The van der Waals surface area contributed by atoms with Crippen molar-refractivity contribution < 1.29 is 14.1 Å². The number of aromatic nitrogens is 4. The van der Waals surface area contributed by atoms with E-state index in [1.807, 2.05) is 62.4 Å². The molecular weight excluding hydrogens is 406 g/mol. The topological polar surface area (TPSA) is 95.1 Å². The number of aryl methyl sites for hydroxylation is 1. The Bertz CT molecular complexity index is 1250. The van der Waals surface area contributed by atoms with E-state index in [1.54, 1.807) is 10.9 Å². The van der Waals surface area contributed by atoms with Crippen LogP contribution in [0.4, 0.5) is 5.69 Å². The maximum absolute atomic E-state index is 12.9. The number of carbonyl (C=O) groups is 1. The predicted molar refractivity (Wildman–Crippen MR) is 119 cm³/mol. The van der Waals surface area contributed by atoms with Gasteiger partial charge in [-0.3, -0.25) is 4.79 Å². The van der Waals surface area contributed by atoms with Gasteiger partial charge in [0.2, 0.25) is 11.7 Å². The number of carbonyl (C=O) groups excluding carboxylic acids is 1. The van der Waals surface area contributed by atoms with Gasteiger partial charge in [-0.2, -0.15) is 10.1 Å². The molecule has 8 heteroatoms. The number of rotatable bonds is 7. The van der Waals surface area contributed by atoms with Crippen LogP contribution in [0.25, 0.3) is 17.1 Å². The van der Waals surface area contributed by atoms with E-state index < -0.39 is 0 Å². The molecule has 0 saturated heterocycles. The van der Waals surface area contributed by atoms with Crippen LogP contribution in [0, 0.1) is 6.92 Å². The predicted octanol–water partition coefficient (Wildman–Crippen LogP) is 4.76. The van der Waals surface area contributed by atoms with Crippen LogP contribution in [-0.4, -0.2) is 32.4 Å². The Balaban J connectivity index is 1.34. The molecule has 1 N–H and O–H groups in total. The lowest BCUT2D eigenvalue weighted by Crippen LogP contribution is -2.13. The second kappa shape index (κ2) is 8.30. The monoisotopic (exact) mass is 429 g/mol. The molecule has 1 fully saturated rings. The molecule has 1 aliphatic rings. The van der Waals surface area contributed by atoms with Gasteiger partial charge in [0, 0.05) is 17.7 Å². The van der Waals surface area contributed by atoms with E-state index in [-0.39, 0.29) is 5.91 Å². The maximum Gasteiger partial charge on any atom is 0.259 e. The number of amides is 1. The van der Waals surface area contributed by atoms with Crippen molar-refractivity contribution in [3.8, 4) is 22.8 Å². The first-order chi connectivity index (χ1) is 15.6. The number of hydrogen-bond donors (Lipinski definition) is 1. The Hall–Kier alpha value is -3.94. The molecule has 2 heterocycles. The fourth-order valence-corrected chi connectivity index (χ4v) is 3.47. The molecule has 162 valence electrons. The Morgan fingerprint density at radius 3 is 2.72 bits per heavy atom. The quantitative estimate of drug-likeness (QED) is 0.455. The van der Waals surface area contributed by atoms with E-state index in [1.165, 1.54) is 0 Å². The van der Waals surface area contributed by atoms with E-state index in [0.29, 0.717) is 46.9 Å². The molecule has 2 aromatic heterocycles. The van der Waals surface area contributed by atoms with Crippen molar-refractivity contribution in [2.45, 2.75) is 32.6 Å². The molecule has 0 spiro atoms. The first-order valence-corrected chi connectivity index (χ1v) is 10.7. The lowest BCUT2D eigenvalue weighted by molar-refractivity contribution is 0.102. The van der Waals surface area contributed by atoms with E-state index >= 15 is 0 Å². The van der Waals surface area contributed by atoms with Crippen molar-refractivity contribution in [3.05, 3.63) is 71.9 Å². The van der Waals surface area contributed by atoms with Gasteiger partial charge in [0.25, 0.3) is 5.91 Å². The number of ether oxygens (including phenoxy) is 1. The van der Waals surface area contributed by atoms with Crippen LogP contribution in [0.1, 0.15) is 47.6 Å². The Labute approximate surface area is 185 Å². The highest BCUT2D eigenvalue weighted by atomic mass is 16.5. The second-order valence-electron chi connectivity index (χ2n) is 7.73. The SMILES string of the molecule is CCOc1ccccc1NC(=O)c1cn(-c2ccc(-c3noc(C4CC4)n3)cc2)nc1C. The van der Waals surface area contributed by atoms with Crippen LogP contribution < -0.4 is 10.1 Å². The second-order valence-corrected chi connectivity index (χ2v) is 7.73. The van der Waals surface area contributed by atoms with E-state index in [2.05, 4.69) is 20.6 Å². The summed E-state index contributed by atoms with van der Waals surface area (Å²) in [6.07, 6.45) is 3.96. The van der Waals surface area contributed by atoms with Gasteiger partial charge in [-0.1, -0.05) is 17.3 Å². The zero-order valence-corrected chi connectivity index (χ0v) is 17.9. The van der Waals surface area contributed by atoms with Gasteiger partial charge in [0.15, 0.2) is 0 Å². The third-order valence-electron chi connectivity index (χ3n) is 5.34. The minimum Gasteiger partial charge on any atom is -0.492 e. The summed E-state index contributed by atoms with van der Waals surface area (Å²) in [6.45, 7) is 4.24. The van der Waals surface area contributed by atoms with E-state index in [4.69, 9.17) is 9.26 Å². The minimum atomic E-state index is -0.239. The largest absolute Gasteiger partial charge is 0.492 e. The highest BCUT2D eigenvalue weighted by molar-refractivity contribution is 6.05. The fraction of sp³-hybridized carbons (Fsp3) is 0.250. The van der Waals surface area contributed by atoms with Gasteiger partial charge in [0.1, 0.15) is 5.75 Å². The van der Waals surface area contributed by atoms with Gasteiger partial charge < -0.3 is 14.6 Å². The zero-order valence-electron chi connectivity index (χ0n) is 17.9. The average molecular weight is 429 g/mol. The fourth-order valence-electron chi connectivity index (χ4n) is 3.47. The molecule has 0 atom stereocenters. The van der Waals surface area contributed by atoms with Gasteiger partial charge in [0.05, 0.1) is 29.2 Å². The molecule has 8 nitrogen and oxygen atoms in total. The number of nitrogens with one attached hydrogen (secondary N) is 1. The van der Waals surface area contributed by atoms with E-state index in [9.17, 15) is 4.79 Å². The minimum absolute atomic E-state index is 0.239. The van der Waals surface area contributed by atoms with Crippen LogP contribution >= 0.6 is 0 Å². The Morgan fingerprint density at radius 1 is 1.19 bits per heavy atom. The summed E-state index contributed by atoms with van der Waals surface area (Å²) < 4.78 is 12.6.